The van der Waals surface area contributed by atoms with Crippen molar-refractivity contribution in [3.8, 4) is 5.75 Å². The lowest BCUT2D eigenvalue weighted by Gasteiger charge is -2.32. The summed E-state index contributed by atoms with van der Waals surface area (Å²) in [5, 5.41) is 3.93. The second-order valence-electron chi connectivity index (χ2n) is 7.25. The SMILES string of the molecule is COC(=O)C(c1ccc(OC)cc1)=P(c1ccccc1)(c1ccccc1)c1ccccc1. The van der Waals surface area contributed by atoms with E-state index in [1.807, 2.05) is 78.9 Å². The Labute approximate surface area is 189 Å². The molecule has 0 unspecified atom stereocenters. The van der Waals surface area contributed by atoms with E-state index in [-0.39, 0.29) is 5.97 Å². The van der Waals surface area contributed by atoms with Crippen LogP contribution < -0.4 is 20.7 Å². The van der Waals surface area contributed by atoms with Crippen LogP contribution in [0, 0.1) is 0 Å². The molecule has 4 heteroatoms. The second-order valence-corrected chi connectivity index (χ2v) is 10.6. The fraction of sp³-hybridized carbons (Fsp3) is 0.0714. The van der Waals surface area contributed by atoms with Crippen LogP contribution >= 0.6 is 6.89 Å². The zero-order valence-corrected chi connectivity index (χ0v) is 19.0. The first-order valence-electron chi connectivity index (χ1n) is 10.4. The molecule has 4 aromatic rings. The Morgan fingerprint density at radius 3 is 1.34 bits per heavy atom. The van der Waals surface area contributed by atoms with E-state index in [4.69, 9.17) is 9.47 Å². The van der Waals surface area contributed by atoms with E-state index < -0.39 is 6.89 Å². The molecular formula is C28H25O3P. The van der Waals surface area contributed by atoms with E-state index in [1.54, 1.807) is 7.11 Å². The third-order valence-corrected chi connectivity index (χ3v) is 9.84. The fourth-order valence-electron chi connectivity index (χ4n) is 4.08. The maximum Gasteiger partial charge on any atom is 0.339 e. The summed E-state index contributed by atoms with van der Waals surface area (Å²) in [5.74, 6) is 0.404. The third-order valence-electron chi connectivity index (χ3n) is 5.51. The lowest BCUT2D eigenvalue weighted by atomic mass is 10.1. The third kappa shape index (κ3) is 3.88. The summed E-state index contributed by atoms with van der Waals surface area (Å²) < 4.78 is 10.8. The number of hydrogen-bond acceptors (Lipinski definition) is 3. The first-order valence-corrected chi connectivity index (χ1v) is 12.2. The van der Waals surface area contributed by atoms with Gasteiger partial charge in [-0.2, -0.15) is 0 Å². The van der Waals surface area contributed by atoms with Crippen molar-refractivity contribution in [1.29, 1.82) is 0 Å². The topological polar surface area (TPSA) is 35.5 Å². The summed E-state index contributed by atoms with van der Waals surface area (Å²) in [6.45, 7) is -2.58. The number of methoxy groups -OCH3 is 2. The normalized spacial score (nSPS) is 10.9. The highest BCUT2D eigenvalue weighted by Gasteiger charge is 2.34. The van der Waals surface area contributed by atoms with Gasteiger partial charge in [0.2, 0.25) is 0 Å². The lowest BCUT2D eigenvalue weighted by molar-refractivity contribution is -0.132. The van der Waals surface area contributed by atoms with Crippen LogP contribution in [-0.2, 0) is 9.53 Å². The maximum absolute atomic E-state index is 13.6. The largest absolute Gasteiger partial charge is 0.497 e. The van der Waals surface area contributed by atoms with Crippen molar-refractivity contribution in [2.75, 3.05) is 14.2 Å². The van der Waals surface area contributed by atoms with Crippen LogP contribution in [0.1, 0.15) is 5.56 Å². The molecular weight excluding hydrogens is 415 g/mol. The van der Waals surface area contributed by atoms with Gasteiger partial charge in [-0.05, 0) is 40.5 Å². The van der Waals surface area contributed by atoms with Gasteiger partial charge in [0.1, 0.15) is 5.75 Å². The standard InChI is InChI=1S/C28H25O3P/c1-30-23-20-18-22(19-21-23)27(28(29)31-2)32(24-12-6-3-7-13-24,25-14-8-4-9-15-25)26-16-10-5-11-17-26/h3-21H,1-2H3. The quantitative estimate of drug-likeness (QED) is 0.330. The minimum absolute atomic E-state index is 0.333. The number of rotatable bonds is 6. The van der Waals surface area contributed by atoms with Crippen molar-refractivity contribution in [1.82, 2.24) is 0 Å². The summed E-state index contributed by atoms with van der Waals surface area (Å²) in [6, 6.07) is 38.5. The summed E-state index contributed by atoms with van der Waals surface area (Å²) in [5.41, 5.74) is 0.822. The van der Waals surface area contributed by atoms with Crippen LogP contribution in [0.3, 0.4) is 0 Å². The number of ether oxygens (including phenoxy) is 2. The molecule has 4 aromatic carbocycles. The smallest absolute Gasteiger partial charge is 0.339 e. The number of esters is 1. The van der Waals surface area contributed by atoms with Crippen LogP contribution in [-0.4, -0.2) is 25.5 Å². The Balaban J connectivity index is 2.27. The Kier molecular flexibility index (Phi) is 6.58. The van der Waals surface area contributed by atoms with Gasteiger partial charge in [-0.15, -0.1) is 0 Å². The minimum atomic E-state index is -2.58. The number of hydrogen-bond donors (Lipinski definition) is 0. The van der Waals surface area contributed by atoms with E-state index in [1.165, 1.54) is 7.11 Å². The Morgan fingerprint density at radius 2 is 1.00 bits per heavy atom. The molecule has 0 aliphatic rings. The van der Waals surface area contributed by atoms with Crippen LogP contribution in [0.2, 0.25) is 0 Å². The second kappa shape index (κ2) is 9.72. The highest BCUT2D eigenvalue weighted by Crippen LogP contribution is 2.48. The van der Waals surface area contributed by atoms with Crippen molar-refractivity contribution >= 4 is 34.1 Å². The molecule has 3 nitrogen and oxygen atoms in total. The van der Waals surface area contributed by atoms with Gasteiger partial charge in [0.25, 0.3) is 0 Å². The van der Waals surface area contributed by atoms with Crippen molar-refractivity contribution in [2.45, 2.75) is 0 Å². The van der Waals surface area contributed by atoms with Gasteiger partial charge in [-0.3, -0.25) is 0 Å². The molecule has 160 valence electrons. The van der Waals surface area contributed by atoms with Crippen molar-refractivity contribution in [2.24, 2.45) is 0 Å². The summed E-state index contributed by atoms with van der Waals surface area (Å²) >= 11 is 0. The van der Waals surface area contributed by atoms with Gasteiger partial charge in [0, 0.05) is 0 Å². The molecule has 0 aliphatic heterocycles. The minimum Gasteiger partial charge on any atom is -0.497 e. The molecule has 0 saturated carbocycles. The molecule has 4 rings (SSSR count). The highest BCUT2D eigenvalue weighted by molar-refractivity contribution is 7.96. The maximum atomic E-state index is 13.6. The average molecular weight is 440 g/mol. The molecule has 0 aliphatic carbocycles. The first-order chi connectivity index (χ1) is 15.7. The van der Waals surface area contributed by atoms with E-state index in [9.17, 15) is 4.79 Å². The van der Waals surface area contributed by atoms with E-state index in [0.717, 1.165) is 27.2 Å². The predicted molar refractivity (Wildman–Crippen MR) is 134 cm³/mol. The molecule has 32 heavy (non-hydrogen) atoms. The highest BCUT2D eigenvalue weighted by atomic mass is 31.2. The van der Waals surface area contributed by atoms with Gasteiger partial charge in [0.05, 0.1) is 19.5 Å². The molecule has 0 N–H and O–H groups in total. The van der Waals surface area contributed by atoms with Crippen molar-refractivity contribution < 1.29 is 14.3 Å². The Hall–Kier alpha value is -3.55. The molecule has 0 fully saturated rings. The summed E-state index contributed by atoms with van der Waals surface area (Å²) in [4.78, 5) is 13.6. The molecule has 0 bridgehead atoms. The zero-order valence-electron chi connectivity index (χ0n) is 18.1. The molecule has 0 radical (unpaired) electrons. The lowest BCUT2D eigenvalue weighted by Crippen LogP contribution is -2.34. The number of carbonyl (C=O) groups excluding carboxylic acids is 1. The molecule has 0 amide bonds. The zero-order chi connectivity index (χ0) is 22.4. The van der Waals surface area contributed by atoms with Gasteiger partial charge < -0.3 is 9.47 Å². The molecule has 0 heterocycles. The van der Waals surface area contributed by atoms with Gasteiger partial charge in [0.15, 0.2) is 0 Å². The number of carbonyl (C=O) groups is 1. The molecule has 0 atom stereocenters. The van der Waals surface area contributed by atoms with Crippen LogP contribution in [0.25, 0.3) is 0 Å². The molecule has 0 saturated heterocycles. The molecule has 0 spiro atoms. The Morgan fingerprint density at radius 1 is 0.594 bits per heavy atom. The fourth-order valence-corrected chi connectivity index (χ4v) is 8.51. The van der Waals surface area contributed by atoms with Crippen LogP contribution in [0.15, 0.2) is 115 Å². The predicted octanol–water partition coefficient (Wildman–Crippen LogP) is 4.38. The van der Waals surface area contributed by atoms with Gasteiger partial charge in [-0.1, -0.05) is 103 Å². The van der Waals surface area contributed by atoms with Gasteiger partial charge in [-0.25, -0.2) is 4.79 Å². The summed E-state index contributed by atoms with van der Waals surface area (Å²) in [6.07, 6.45) is 0. The van der Waals surface area contributed by atoms with Crippen molar-refractivity contribution in [3.05, 3.63) is 121 Å². The average Bonchev–Trinajstić information content (AvgIpc) is 2.88. The first kappa shape index (κ1) is 21.7. The van der Waals surface area contributed by atoms with Crippen LogP contribution in [0.4, 0.5) is 0 Å². The van der Waals surface area contributed by atoms with E-state index in [2.05, 4.69) is 36.4 Å². The van der Waals surface area contributed by atoms with Crippen molar-refractivity contribution in [3.63, 3.8) is 0 Å². The van der Waals surface area contributed by atoms with E-state index in [0.29, 0.717) is 5.29 Å². The number of benzene rings is 4. The van der Waals surface area contributed by atoms with Gasteiger partial charge >= 0.3 is 5.97 Å². The molecule has 0 aromatic heterocycles. The van der Waals surface area contributed by atoms with E-state index >= 15 is 0 Å². The van der Waals surface area contributed by atoms with Crippen LogP contribution in [0.5, 0.6) is 5.75 Å². The monoisotopic (exact) mass is 440 g/mol. The Bertz CT molecular complexity index is 1130. The summed E-state index contributed by atoms with van der Waals surface area (Å²) in [7, 11) is 3.08.